The number of rotatable bonds is 3. The van der Waals surface area contributed by atoms with E-state index in [4.69, 9.17) is 0 Å². The molecule has 2 amide bonds. The molecule has 3 rings (SSSR count). The molecule has 1 fully saturated rings. The lowest BCUT2D eigenvalue weighted by Gasteiger charge is -2.36. The molecule has 0 saturated carbocycles. The number of nitrogens with zero attached hydrogens (tertiary/aromatic N) is 3. The first kappa shape index (κ1) is 16.0. The summed E-state index contributed by atoms with van der Waals surface area (Å²) in [5, 5.41) is 2.88. The standard InChI is InChI=1S/C18H20N4O2/c1-14(23)15-2-4-16(5-3-15)20-18(24)22-12-10-21(11-13-22)17-6-8-19-9-7-17/h2-9H,10-13H2,1H3,(H,20,24). The van der Waals surface area contributed by atoms with Crippen molar-refractivity contribution in [2.45, 2.75) is 6.92 Å². The van der Waals surface area contributed by atoms with E-state index in [-0.39, 0.29) is 11.8 Å². The predicted octanol–water partition coefficient (Wildman–Crippen LogP) is 2.64. The van der Waals surface area contributed by atoms with Crippen molar-refractivity contribution in [2.75, 3.05) is 36.4 Å². The lowest BCUT2D eigenvalue weighted by atomic mass is 10.1. The van der Waals surface area contributed by atoms with E-state index in [2.05, 4.69) is 15.2 Å². The molecule has 124 valence electrons. The summed E-state index contributed by atoms with van der Waals surface area (Å²) in [6.45, 7) is 4.44. The molecule has 2 aromatic rings. The second kappa shape index (κ2) is 7.12. The fourth-order valence-electron chi connectivity index (χ4n) is 2.71. The number of aromatic nitrogens is 1. The van der Waals surface area contributed by atoms with Crippen LogP contribution in [0.3, 0.4) is 0 Å². The van der Waals surface area contributed by atoms with Gasteiger partial charge in [0.15, 0.2) is 5.78 Å². The molecule has 0 bridgehead atoms. The predicted molar refractivity (Wildman–Crippen MR) is 93.5 cm³/mol. The molecule has 0 spiro atoms. The Morgan fingerprint density at radius 1 is 0.958 bits per heavy atom. The van der Waals surface area contributed by atoms with Gasteiger partial charge in [-0.3, -0.25) is 9.78 Å². The highest BCUT2D eigenvalue weighted by Gasteiger charge is 2.21. The largest absolute Gasteiger partial charge is 0.368 e. The summed E-state index contributed by atoms with van der Waals surface area (Å²) in [4.78, 5) is 31.7. The average molecular weight is 324 g/mol. The van der Waals surface area contributed by atoms with Gasteiger partial charge in [0.05, 0.1) is 0 Å². The average Bonchev–Trinajstić information content (AvgIpc) is 2.63. The van der Waals surface area contributed by atoms with Crippen LogP contribution in [0, 0.1) is 0 Å². The van der Waals surface area contributed by atoms with Crippen LogP contribution >= 0.6 is 0 Å². The summed E-state index contributed by atoms with van der Waals surface area (Å²) < 4.78 is 0. The Hall–Kier alpha value is -2.89. The number of hydrogen-bond donors (Lipinski definition) is 1. The van der Waals surface area contributed by atoms with Crippen molar-refractivity contribution < 1.29 is 9.59 Å². The molecule has 6 nitrogen and oxygen atoms in total. The van der Waals surface area contributed by atoms with Crippen molar-refractivity contribution in [1.82, 2.24) is 9.88 Å². The first-order valence-electron chi connectivity index (χ1n) is 7.95. The summed E-state index contributed by atoms with van der Waals surface area (Å²) in [7, 11) is 0. The maximum Gasteiger partial charge on any atom is 0.321 e. The monoisotopic (exact) mass is 324 g/mol. The third-order valence-electron chi connectivity index (χ3n) is 4.14. The van der Waals surface area contributed by atoms with Crippen LogP contribution in [0.4, 0.5) is 16.2 Å². The van der Waals surface area contributed by atoms with Gasteiger partial charge >= 0.3 is 6.03 Å². The fourth-order valence-corrected chi connectivity index (χ4v) is 2.71. The van der Waals surface area contributed by atoms with Crippen LogP contribution in [0.25, 0.3) is 0 Å². The third kappa shape index (κ3) is 3.71. The van der Waals surface area contributed by atoms with Crippen molar-refractivity contribution in [2.24, 2.45) is 0 Å². The topological polar surface area (TPSA) is 65.5 Å². The first-order chi connectivity index (χ1) is 11.6. The Morgan fingerprint density at radius 3 is 2.17 bits per heavy atom. The Balaban J connectivity index is 1.54. The van der Waals surface area contributed by atoms with Gasteiger partial charge in [-0.05, 0) is 43.3 Å². The quantitative estimate of drug-likeness (QED) is 0.882. The molecule has 1 aliphatic rings. The Morgan fingerprint density at radius 2 is 1.58 bits per heavy atom. The van der Waals surface area contributed by atoms with E-state index in [1.165, 1.54) is 6.92 Å². The molecule has 1 aromatic heterocycles. The highest BCUT2D eigenvalue weighted by Crippen LogP contribution is 2.16. The van der Waals surface area contributed by atoms with Crippen LogP contribution < -0.4 is 10.2 Å². The number of carbonyl (C=O) groups excluding carboxylic acids is 2. The van der Waals surface area contributed by atoms with Crippen LogP contribution in [0.1, 0.15) is 17.3 Å². The minimum absolute atomic E-state index is 0.0140. The van der Waals surface area contributed by atoms with Gasteiger partial charge in [-0.2, -0.15) is 0 Å². The number of urea groups is 1. The van der Waals surface area contributed by atoms with E-state index in [1.807, 2.05) is 12.1 Å². The second-order valence-corrected chi connectivity index (χ2v) is 5.74. The van der Waals surface area contributed by atoms with Gasteiger partial charge in [-0.1, -0.05) is 0 Å². The molecule has 0 aliphatic carbocycles. The van der Waals surface area contributed by atoms with Gasteiger partial charge in [0, 0.05) is 55.5 Å². The molecule has 2 heterocycles. The van der Waals surface area contributed by atoms with Crippen molar-refractivity contribution in [3.63, 3.8) is 0 Å². The van der Waals surface area contributed by atoms with Crippen molar-refractivity contribution in [3.8, 4) is 0 Å². The number of ketones is 1. The zero-order chi connectivity index (χ0) is 16.9. The van der Waals surface area contributed by atoms with E-state index in [9.17, 15) is 9.59 Å². The Bertz CT molecular complexity index is 708. The van der Waals surface area contributed by atoms with Crippen molar-refractivity contribution >= 4 is 23.2 Å². The number of anilines is 2. The number of Topliss-reactive ketones (excluding diaryl/α,β-unsaturated/α-hetero) is 1. The Labute approximate surface area is 141 Å². The summed E-state index contributed by atoms with van der Waals surface area (Å²) in [5.41, 5.74) is 2.46. The maximum absolute atomic E-state index is 12.3. The number of piperazine rings is 1. The van der Waals surface area contributed by atoms with Gasteiger partial charge in [-0.25, -0.2) is 4.79 Å². The van der Waals surface area contributed by atoms with Crippen LogP contribution in [0.5, 0.6) is 0 Å². The molecule has 6 heteroatoms. The van der Waals surface area contributed by atoms with E-state index < -0.39 is 0 Å². The minimum Gasteiger partial charge on any atom is -0.368 e. The zero-order valence-electron chi connectivity index (χ0n) is 13.6. The molecule has 24 heavy (non-hydrogen) atoms. The highest BCUT2D eigenvalue weighted by atomic mass is 16.2. The molecule has 1 aliphatic heterocycles. The lowest BCUT2D eigenvalue weighted by molar-refractivity contribution is 0.101. The SMILES string of the molecule is CC(=O)c1ccc(NC(=O)N2CCN(c3ccncc3)CC2)cc1. The summed E-state index contributed by atoms with van der Waals surface area (Å²) in [6, 6.07) is 10.8. The number of nitrogens with one attached hydrogen (secondary N) is 1. The van der Waals surface area contributed by atoms with Gasteiger partial charge in [0.2, 0.25) is 0 Å². The second-order valence-electron chi connectivity index (χ2n) is 5.74. The van der Waals surface area contributed by atoms with Crippen LogP contribution in [0.2, 0.25) is 0 Å². The number of pyridine rings is 1. The number of carbonyl (C=O) groups is 2. The Kier molecular flexibility index (Phi) is 4.74. The van der Waals surface area contributed by atoms with E-state index in [0.29, 0.717) is 24.3 Å². The smallest absolute Gasteiger partial charge is 0.321 e. The van der Waals surface area contributed by atoms with Crippen molar-refractivity contribution in [3.05, 3.63) is 54.4 Å². The molecule has 0 atom stereocenters. The lowest BCUT2D eigenvalue weighted by Crippen LogP contribution is -2.50. The molecule has 1 N–H and O–H groups in total. The van der Waals surface area contributed by atoms with Crippen LogP contribution in [0.15, 0.2) is 48.8 Å². The molecule has 1 aromatic carbocycles. The molecule has 0 unspecified atom stereocenters. The maximum atomic E-state index is 12.3. The van der Waals surface area contributed by atoms with Gasteiger partial charge < -0.3 is 15.1 Å². The molecular formula is C18H20N4O2. The summed E-state index contributed by atoms with van der Waals surface area (Å²) >= 11 is 0. The zero-order valence-corrected chi connectivity index (χ0v) is 13.6. The summed E-state index contributed by atoms with van der Waals surface area (Å²) in [6.07, 6.45) is 3.55. The van der Waals surface area contributed by atoms with Crippen LogP contribution in [-0.2, 0) is 0 Å². The van der Waals surface area contributed by atoms with Gasteiger partial charge in [0.1, 0.15) is 0 Å². The van der Waals surface area contributed by atoms with Gasteiger partial charge in [0.25, 0.3) is 0 Å². The number of hydrogen-bond acceptors (Lipinski definition) is 4. The van der Waals surface area contributed by atoms with E-state index in [0.717, 1.165) is 18.8 Å². The summed E-state index contributed by atoms with van der Waals surface area (Å²) in [5.74, 6) is 0.0140. The van der Waals surface area contributed by atoms with Crippen LogP contribution in [-0.4, -0.2) is 47.9 Å². The van der Waals surface area contributed by atoms with Crippen molar-refractivity contribution in [1.29, 1.82) is 0 Å². The molecule has 0 radical (unpaired) electrons. The number of benzene rings is 1. The van der Waals surface area contributed by atoms with Gasteiger partial charge in [-0.15, -0.1) is 0 Å². The fraction of sp³-hybridized carbons (Fsp3) is 0.278. The van der Waals surface area contributed by atoms with E-state index in [1.54, 1.807) is 41.6 Å². The first-order valence-corrected chi connectivity index (χ1v) is 7.95. The van der Waals surface area contributed by atoms with E-state index >= 15 is 0 Å². The highest BCUT2D eigenvalue weighted by molar-refractivity contribution is 5.95. The minimum atomic E-state index is -0.111. The normalized spacial score (nSPS) is 14.4. The third-order valence-corrected chi connectivity index (χ3v) is 4.14. The molecule has 1 saturated heterocycles. The number of amides is 2. The molecular weight excluding hydrogens is 304 g/mol.